The van der Waals surface area contributed by atoms with Crippen molar-refractivity contribution < 1.29 is 17.6 Å². The van der Waals surface area contributed by atoms with Gasteiger partial charge in [-0.1, -0.05) is 30.3 Å². The molecule has 2 N–H and O–H groups in total. The van der Waals surface area contributed by atoms with Crippen LogP contribution in [0.4, 0.5) is 17.6 Å². The summed E-state index contributed by atoms with van der Waals surface area (Å²) in [6.45, 7) is 0.242. The fourth-order valence-electron chi connectivity index (χ4n) is 2.86. The maximum absolute atomic E-state index is 13.2. The first kappa shape index (κ1) is 22.9. The minimum Gasteiger partial charge on any atom is -0.352 e. The van der Waals surface area contributed by atoms with Gasteiger partial charge < -0.3 is 10.6 Å². The molecule has 0 atom stereocenters. The lowest BCUT2D eigenvalue weighted by molar-refractivity contribution is -0.138. The number of benzene rings is 2. The summed E-state index contributed by atoms with van der Waals surface area (Å²) >= 11 is 0. The monoisotopic (exact) mass is 518 g/mol. The molecule has 0 bridgehead atoms. The van der Waals surface area contributed by atoms with Gasteiger partial charge in [0.15, 0.2) is 5.96 Å². The molecule has 4 nitrogen and oxygen atoms in total. The summed E-state index contributed by atoms with van der Waals surface area (Å²) in [6.07, 6.45) is -2.93. The zero-order valence-electron chi connectivity index (χ0n) is 15.4. The van der Waals surface area contributed by atoms with Gasteiger partial charge in [-0.3, -0.25) is 9.98 Å². The zero-order chi connectivity index (χ0) is 20.1. The van der Waals surface area contributed by atoms with Crippen molar-refractivity contribution in [3.05, 3.63) is 77.2 Å². The predicted octanol–water partition coefficient (Wildman–Crippen LogP) is 4.88. The van der Waals surface area contributed by atoms with E-state index >= 15 is 0 Å². The van der Waals surface area contributed by atoms with Crippen LogP contribution in [-0.4, -0.2) is 18.0 Å². The van der Waals surface area contributed by atoms with E-state index in [-0.39, 0.29) is 36.1 Å². The van der Waals surface area contributed by atoms with Crippen LogP contribution >= 0.6 is 24.0 Å². The van der Waals surface area contributed by atoms with Crippen molar-refractivity contribution in [2.24, 2.45) is 4.99 Å². The van der Waals surface area contributed by atoms with Crippen LogP contribution in [0, 0.1) is 5.82 Å². The van der Waals surface area contributed by atoms with Gasteiger partial charge in [0.05, 0.1) is 11.1 Å². The lowest BCUT2D eigenvalue weighted by Gasteiger charge is -2.16. The van der Waals surface area contributed by atoms with Crippen LogP contribution in [0.2, 0.25) is 0 Å². The summed E-state index contributed by atoms with van der Waals surface area (Å²) in [5.74, 6) is -0.604. The van der Waals surface area contributed by atoms with E-state index in [9.17, 15) is 17.6 Å². The van der Waals surface area contributed by atoms with Gasteiger partial charge in [-0.05, 0) is 29.3 Å². The molecule has 0 saturated heterocycles. The summed E-state index contributed by atoms with van der Waals surface area (Å²) in [6, 6.07) is 12.2. The number of aromatic nitrogens is 1. The van der Waals surface area contributed by atoms with Crippen LogP contribution in [0.15, 0.2) is 59.7 Å². The van der Waals surface area contributed by atoms with E-state index in [2.05, 4.69) is 20.6 Å². The molecule has 0 aliphatic carbocycles. The van der Waals surface area contributed by atoms with Gasteiger partial charge in [-0.2, -0.15) is 13.2 Å². The highest BCUT2D eigenvalue weighted by Crippen LogP contribution is 2.32. The summed E-state index contributed by atoms with van der Waals surface area (Å²) in [7, 11) is 1.52. The van der Waals surface area contributed by atoms with E-state index in [0.29, 0.717) is 18.6 Å². The lowest BCUT2D eigenvalue weighted by atomic mass is 10.1. The van der Waals surface area contributed by atoms with Gasteiger partial charge in [0.2, 0.25) is 0 Å². The minimum atomic E-state index is -4.63. The molecule has 0 amide bonds. The number of hydrogen-bond acceptors (Lipinski definition) is 2. The Morgan fingerprint density at radius 1 is 1.00 bits per heavy atom. The molecule has 1 aromatic heterocycles. The van der Waals surface area contributed by atoms with Crippen molar-refractivity contribution in [1.29, 1.82) is 0 Å². The molecule has 0 aliphatic heterocycles. The predicted molar refractivity (Wildman–Crippen MR) is 116 cm³/mol. The molecule has 3 aromatic rings. The molecule has 1 heterocycles. The molecule has 0 unspecified atom stereocenters. The molecule has 0 spiro atoms. The second kappa shape index (κ2) is 9.86. The van der Waals surface area contributed by atoms with Gasteiger partial charge in [0, 0.05) is 31.7 Å². The second-order valence-electron chi connectivity index (χ2n) is 6.07. The van der Waals surface area contributed by atoms with Crippen molar-refractivity contribution >= 4 is 40.8 Å². The van der Waals surface area contributed by atoms with Crippen molar-refractivity contribution in [2.45, 2.75) is 19.3 Å². The molecular weight excluding hydrogens is 499 g/mol. The first-order valence-corrected chi connectivity index (χ1v) is 8.51. The maximum atomic E-state index is 13.2. The van der Waals surface area contributed by atoms with Crippen LogP contribution < -0.4 is 10.6 Å². The highest BCUT2D eigenvalue weighted by molar-refractivity contribution is 14.0. The van der Waals surface area contributed by atoms with Crippen LogP contribution in [0.5, 0.6) is 0 Å². The highest BCUT2D eigenvalue weighted by Gasteiger charge is 2.33. The van der Waals surface area contributed by atoms with Gasteiger partial charge in [-0.25, -0.2) is 4.39 Å². The van der Waals surface area contributed by atoms with E-state index < -0.39 is 17.6 Å². The van der Waals surface area contributed by atoms with Crippen LogP contribution in [0.25, 0.3) is 10.9 Å². The van der Waals surface area contributed by atoms with Gasteiger partial charge in [0.25, 0.3) is 0 Å². The highest BCUT2D eigenvalue weighted by atomic mass is 127. The van der Waals surface area contributed by atoms with Gasteiger partial charge in [-0.15, -0.1) is 24.0 Å². The Bertz CT molecular complexity index is 1000. The van der Waals surface area contributed by atoms with E-state index in [1.165, 1.54) is 7.05 Å². The zero-order valence-corrected chi connectivity index (χ0v) is 17.8. The first-order valence-electron chi connectivity index (χ1n) is 8.51. The number of hydrogen-bond donors (Lipinski definition) is 2. The summed E-state index contributed by atoms with van der Waals surface area (Å²) in [5.41, 5.74) is 0.696. The molecule has 9 heteroatoms. The van der Waals surface area contributed by atoms with E-state index in [1.807, 2.05) is 30.3 Å². The second-order valence-corrected chi connectivity index (χ2v) is 6.07. The number of guanidine groups is 1. The van der Waals surface area contributed by atoms with Crippen molar-refractivity contribution in [2.75, 3.05) is 7.05 Å². The average molecular weight is 518 g/mol. The Morgan fingerprint density at radius 3 is 2.38 bits per heavy atom. The van der Waals surface area contributed by atoms with Gasteiger partial charge >= 0.3 is 6.18 Å². The molecule has 154 valence electrons. The van der Waals surface area contributed by atoms with Crippen molar-refractivity contribution in [1.82, 2.24) is 15.6 Å². The topological polar surface area (TPSA) is 49.3 Å². The minimum absolute atomic E-state index is 0. The fraction of sp³-hybridized carbons (Fsp3) is 0.200. The molecule has 0 aliphatic rings. The molecule has 0 saturated carbocycles. The Morgan fingerprint density at radius 2 is 1.69 bits per heavy atom. The smallest absolute Gasteiger partial charge is 0.352 e. The summed E-state index contributed by atoms with van der Waals surface area (Å²) in [4.78, 5) is 8.39. The molecule has 2 aromatic carbocycles. The summed E-state index contributed by atoms with van der Waals surface area (Å²) in [5, 5.41) is 6.88. The van der Waals surface area contributed by atoms with Gasteiger partial charge in [0.1, 0.15) is 5.82 Å². The van der Waals surface area contributed by atoms with Crippen LogP contribution in [0.3, 0.4) is 0 Å². The third-order valence-corrected chi connectivity index (χ3v) is 4.21. The normalized spacial score (nSPS) is 11.8. The number of nitrogens with zero attached hydrogens (tertiary/aromatic N) is 2. The number of aliphatic imine (C=N–C) groups is 1. The third-order valence-electron chi connectivity index (χ3n) is 4.21. The Balaban J connectivity index is 0.00000300. The Labute approximate surface area is 182 Å². The first-order chi connectivity index (χ1) is 13.4. The number of alkyl halides is 3. The van der Waals surface area contributed by atoms with E-state index in [0.717, 1.165) is 28.6 Å². The summed E-state index contributed by atoms with van der Waals surface area (Å²) < 4.78 is 52.5. The maximum Gasteiger partial charge on any atom is 0.416 e. The molecule has 3 rings (SSSR count). The quantitative estimate of drug-likeness (QED) is 0.224. The largest absolute Gasteiger partial charge is 0.416 e. The third kappa shape index (κ3) is 5.78. The number of nitrogens with one attached hydrogen (secondary N) is 2. The van der Waals surface area contributed by atoms with Crippen molar-refractivity contribution in [3.8, 4) is 0 Å². The number of rotatable bonds is 4. The van der Waals surface area contributed by atoms with Crippen LogP contribution in [0.1, 0.15) is 16.7 Å². The SMILES string of the molecule is CN=C(NCc1ccc(F)cc1C(F)(F)F)NCc1cccc2cccnc12.I. The number of pyridine rings is 1. The molecule has 0 radical (unpaired) electrons. The van der Waals surface area contributed by atoms with Crippen LogP contribution in [-0.2, 0) is 19.3 Å². The fourth-order valence-corrected chi connectivity index (χ4v) is 2.86. The number of para-hydroxylation sites is 1. The average Bonchev–Trinajstić information content (AvgIpc) is 2.68. The number of fused-ring (bicyclic) bond motifs is 1. The molecular formula is C20H19F4IN4. The van der Waals surface area contributed by atoms with E-state index in [1.54, 1.807) is 6.20 Å². The Kier molecular flexibility index (Phi) is 7.77. The molecule has 0 fully saturated rings. The Hall–Kier alpha value is -2.43. The lowest BCUT2D eigenvalue weighted by Crippen LogP contribution is -2.36. The van der Waals surface area contributed by atoms with E-state index in [4.69, 9.17) is 0 Å². The van der Waals surface area contributed by atoms with Crippen molar-refractivity contribution in [3.63, 3.8) is 0 Å². The standard InChI is InChI=1S/C20H18F4N4.HI/c1-25-19(27-11-14-7-8-16(21)10-17(14)20(22,23)24)28-12-15-5-2-4-13-6-3-9-26-18(13)15;/h2-10H,11-12H2,1H3,(H2,25,27,28);1H. The molecule has 29 heavy (non-hydrogen) atoms. The number of halogens is 5.